The fraction of sp³-hybridized carbons (Fsp3) is 0.263. The number of anilines is 1. The molecule has 2 aromatic rings. The van der Waals surface area contributed by atoms with E-state index in [9.17, 15) is 10.1 Å². The predicted octanol–water partition coefficient (Wildman–Crippen LogP) is 4.41. The van der Waals surface area contributed by atoms with Crippen LogP contribution in [0.2, 0.25) is 10.0 Å². The van der Waals surface area contributed by atoms with E-state index in [1.165, 1.54) is 0 Å². The molecule has 1 heterocycles. The molecule has 134 valence electrons. The summed E-state index contributed by atoms with van der Waals surface area (Å²) in [5.41, 5.74) is 1.58. The number of carbonyl (C=O) groups excluding carboxylic acids is 1. The molecule has 1 aliphatic heterocycles. The van der Waals surface area contributed by atoms with Gasteiger partial charge in [0, 0.05) is 41.9 Å². The van der Waals surface area contributed by atoms with Crippen LogP contribution < -0.4 is 5.32 Å². The lowest BCUT2D eigenvalue weighted by molar-refractivity contribution is 0.131. The smallest absolute Gasteiger partial charge is 0.321 e. The van der Waals surface area contributed by atoms with Crippen molar-refractivity contribution in [3.63, 3.8) is 0 Å². The molecule has 0 aliphatic carbocycles. The van der Waals surface area contributed by atoms with E-state index < -0.39 is 0 Å². The average molecular weight is 389 g/mol. The number of carbonyl (C=O) groups is 1. The molecule has 1 aliphatic rings. The third kappa shape index (κ3) is 4.47. The molecule has 0 spiro atoms. The molecule has 2 amide bonds. The Labute approximate surface area is 162 Å². The van der Waals surface area contributed by atoms with Crippen molar-refractivity contribution in [1.82, 2.24) is 9.80 Å². The number of amides is 2. The highest BCUT2D eigenvalue weighted by Gasteiger charge is 2.27. The van der Waals surface area contributed by atoms with Crippen molar-refractivity contribution in [2.24, 2.45) is 0 Å². The number of halogens is 2. The molecule has 0 radical (unpaired) electrons. The second-order valence-electron chi connectivity index (χ2n) is 6.05. The minimum atomic E-state index is -0.366. The first-order valence-electron chi connectivity index (χ1n) is 8.27. The number of hydrogen-bond acceptors (Lipinski definition) is 3. The molecular weight excluding hydrogens is 371 g/mol. The maximum atomic E-state index is 12.4. The molecule has 1 unspecified atom stereocenters. The van der Waals surface area contributed by atoms with Crippen molar-refractivity contribution in [2.45, 2.75) is 6.04 Å². The molecular formula is C19H18Cl2N4O. The Hall–Kier alpha value is -2.26. The van der Waals surface area contributed by atoms with Gasteiger partial charge < -0.3 is 10.2 Å². The first-order chi connectivity index (χ1) is 12.6. The minimum Gasteiger partial charge on any atom is -0.322 e. The van der Waals surface area contributed by atoms with E-state index in [0.717, 1.165) is 5.56 Å². The van der Waals surface area contributed by atoms with Crippen molar-refractivity contribution in [3.8, 4) is 6.07 Å². The zero-order valence-corrected chi connectivity index (χ0v) is 15.5. The highest BCUT2D eigenvalue weighted by Crippen LogP contribution is 2.24. The van der Waals surface area contributed by atoms with Crippen LogP contribution >= 0.6 is 23.2 Å². The summed E-state index contributed by atoms with van der Waals surface area (Å²) >= 11 is 11.9. The van der Waals surface area contributed by atoms with Gasteiger partial charge in [-0.15, -0.1) is 0 Å². The maximum absolute atomic E-state index is 12.4. The molecule has 26 heavy (non-hydrogen) atoms. The number of nitrogens with one attached hydrogen (secondary N) is 1. The van der Waals surface area contributed by atoms with Gasteiger partial charge in [0.1, 0.15) is 6.04 Å². The number of nitrogens with zero attached hydrogens (tertiary/aromatic N) is 3. The predicted molar refractivity (Wildman–Crippen MR) is 103 cm³/mol. The molecule has 1 fully saturated rings. The summed E-state index contributed by atoms with van der Waals surface area (Å²) in [5, 5.41) is 13.7. The molecule has 0 saturated carbocycles. The summed E-state index contributed by atoms with van der Waals surface area (Å²) < 4.78 is 0. The molecule has 0 aromatic heterocycles. The molecule has 1 atom stereocenters. The van der Waals surface area contributed by atoms with Crippen molar-refractivity contribution in [2.75, 3.05) is 31.5 Å². The Morgan fingerprint density at radius 3 is 2.35 bits per heavy atom. The highest BCUT2D eigenvalue weighted by molar-refractivity contribution is 6.30. The Morgan fingerprint density at radius 2 is 1.73 bits per heavy atom. The van der Waals surface area contributed by atoms with Crippen molar-refractivity contribution >= 4 is 34.9 Å². The van der Waals surface area contributed by atoms with Gasteiger partial charge in [-0.05, 0) is 42.0 Å². The third-order valence-corrected chi connectivity index (χ3v) is 4.84. The van der Waals surface area contributed by atoms with E-state index >= 15 is 0 Å². The lowest BCUT2D eigenvalue weighted by atomic mass is 10.1. The zero-order chi connectivity index (χ0) is 18.5. The van der Waals surface area contributed by atoms with Gasteiger partial charge in [-0.3, -0.25) is 4.90 Å². The second kappa shape index (κ2) is 8.41. The van der Waals surface area contributed by atoms with E-state index in [4.69, 9.17) is 23.2 Å². The topological polar surface area (TPSA) is 59.4 Å². The molecule has 1 saturated heterocycles. The minimum absolute atomic E-state index is 0.150. The number of piperazine rings is 1. The average Bonchev–Trinajstić information content (AvgIpc) is 2.65. The second-order valence-corrected chi connectivity index (χ2v) is 6.92. The summed E-state index contributed by atoms with van der Waals surface area (Å²) in [6, 6.07) is 16.2. The third-order valence-electron chi connectivity index (χ3n) is 4.35. The van der Waals surface area contributed by atoms with Gasteiger partial charge >= 0.3 is 6.03 Å². The summed E-state index contributed by atoms with van der Waals surface area (Å²) in [5.74, 6) is 0. The lowest BCUT2D eigenvalue weighted by Gasteiger charge is -2.37. The lowest BCUT2D eigenvalue weighted by Crippen LogP contribution is -2.50. The van der Waals surface area contributed by atoms with Crippen LogP contribution in [0.15, 0.2) is 48.5 Å². The number of urea groups is 1. The monoisotopic (exact) mass is 388 g/mol. The van der Waals surface area contributed by atoms with Crippen molar-refractivity contribution in [3.05, 3.63) is 64.1 Å². The van der Waals surface area contributed by atoms with E-state index in [2.05, 4.69) is 16.3 Å². The quantitative estimate of drug-likeness (QED) is 0.846. The highest BCUT2D eigenvalue weighted by atomic mass is 35.5. The van der Waals surface area contributed by atoms with Crippen LogP contribution in [0.25, 0.3) is 0 Å². The Kier molecular flexibility index (Phi) is 6.00. The summed E-state index contributed by atoms with van der Waals surface area (Å²) in [7, 11) is 0. The van der Waals surface area contributed by atoms with Crippen LogP contribution in [0.5, 0.6) is 0 Å². The zero-order valence-electron chi connectivity index (χ0n) is 14.0. The summed E-state index contributed by atoms with van der Waals surface area (Å²) in [6.45, 7) is 2.36. The van der Waals surface area contributed by atoms with Crippen LogP contribution in [-0.2, 0) is 0 Å². The number of benzene rings is 2. The van der Waals surface area contributed by atoms with Crippen LogP contribution in [0.4, 0.5) is 10.5 Å². The Bertz CT molecular complexity index is 811. The fourth-order valence-electron chi connectivity index (χ4n) is 2.96. The van der Waals surface area contributed by atoms with Crippen molar-refractivity contribution in [1.29, 1.82) is 5.26 Å². The van der Waals surface area contributed by atoms with Crippen LogP contribution in [-0.4, -0.2) is 42.0 Å². The van der Waals surface area contributed by atoms with Gasteiger partial charge in [0.25, 0.3) is 0 Å². The van der Waals surface area contributed by atoms with Crippen LogP contribution in [0.1, 0.15) is 11.6 Å². The Balaban J connectivity index is 1.58. The first kappa shape index (κ1) is 18.5. The van der Waals surface area contributed by atoms with Gasteiger partial charge in [0.15, 0.2) is 0 Å². The van der Waals surface area contributed by atoms with Crippen molar-refractivity contribution < 1.29 is 4.79 Å². The molecule has 3 rings (SSSR count). The normalized spacial score (nSPS) is 16.0. The van der Waals surface area contributed by atoms with Gasteiger partial charge in [0.2, 0.25) is 0 Å². The molecule has 0 bridgehead atoms. The summed E-state index contributed by atoms with van der Waals surface area (Å²) in [6.07, 6.45) is 0. The van der Waals surface area contributed by atoms with E-state index in [1.807, 2.05) is 18.2 Å². The van der Waals surface area contributed by atoms with E-state index in [1.54, 1.807) is 35.2 Å². The van der Waals surface area contributed by atoms with Crippen LogP contribution in [0.3, 0.4) is 0 Å². The fourth-order valence-corrected chi connectivity index (χ4v) is 3.29. The SMILES string of the molecule is N#CC(c1cccc(Cl)c1)N1CCN(C(=O)Nc2ccc(Cl)cc2)CC1. The largest absolute Gasteiger partial charge is 0.322 e. The molecule has 1 N–H and O–H groups in total. The van der Waals surface area contributed by atoms with Crippen LogP contribution in [0, 0.1) is 11.3 Å². The van der Waals surface area contributed by atoms with E-state index in [0.29, 0.717) is 41.9 Å². The van der Waals surface area contributed by atoms with Gasteiger partial charge in [0.05, 0.1) is 6.07 Å². The number of nitriles is 1. The standard InChI is InChI=1S/C19H18Cl2N4O/c20-15-4-6-17(7-5-15)23-19(26)25-10-8-24(9-11-25)18(13-22)14-2-1-3-16(21)12-14/h1-7,12,18H,8-11H2,(H,23,26). The van der Waals surface area contributed by atoms with Gasteiger partial charge in [-0.25, -0.2) is 4.79 Å². The molecule has 2 aromatic carbocycles. The van der Waals surface area contributed by atoms with E-state index in [-0.39, 0.29) is 12.1 Å². The maximum Gasteiger partial charge on any atom is 0.321 e. The molecule has 5 nitrogen and oxygen atoms in total. The van der Waals surface area contributed by atoms with Gasteiger partial charge in [-0.1, -0.05) is 35.3 Å². The first-order valence-corrected chi connectivity index (χ1v) is 9.03. The number of rotatable bonds is 3. The Morgan fingerprint density at radius 1 is 1.04 bits per heavy atom. The number of hydrogen-bond donors (Lipinski definition) is 1. The van der Waals surface area contributed by atoms with Gasteiger partial charge in [-0.2, -0.15) is 5.26 Å². The summed E-state index contributed by atoms with van der Waals surface area (Å²) in [4.78, 5) is 16.2. The molecule has 7 heteroatoms.